The molecule has 2 aromatic carbocycles. The van der Waals surface area contributed by atoms with Gasteiger partial charge in [-0.2, -0.15) is 0 Å². The van der Waals surface area contributed by atoms with Gasteiger partial charge >= 0.3 is 5.69 Å². The summed E-state index contributed by atoms with van der Waals surface area (Å²) in [6.45, 7) is 0.0692. The molecule has 0 fully saturated rings. The van der Waals surface area contributed by atoms with Gasteiger partial charge in [0.2, 0.25) is 0 Å². The number of nitro benzene ring substituents is 1. The predicted octanol–water partition coefficient (Wildman–Crippen LogP) is 2.86. The van der Waals surface area contributed by atoms with Gasteiger partial charge in [-0.1, -0.05) is 6.07 Å². The summed E-state index contributed by atoms with van der Waals surface area (Å²) >= 11 is 0. The van der Waals surface area contributed by atoms with Crippen LogP contribution in [0.2, 0.25) is 0 Å². The zero-order valence-electron chi connectivity index (χ0n) is 14.3. The largest absolute Gasteiger partial charge is 0.490 e. The van der Waals surface area contributed by atoms with Crippen molar-refractivity contribution in [3.8, 4) is 11.4 Å². The Kier molecular flexibility index (Phi) is 5.11. The van der Waals surface area contributed by atoms with Crippen LogP contribution in [0, 0.1) is 15.9 Å². The zero-order valence-corrected chi connectivity index (χ0v) is 14.3. The molecular formula is C18H15FN4O4. The zero-order chi connectivity index (χ0) is 19.4. The highest BCUT2D eigenvalue weighted by molar-refractivity contribution is 5.95. The third-order valence-corrected chi connectivity index (χ3v) is 3.89. The normalized spacial score (nSPS) is 10.4. The molecule has 1 aromatic heterocycles. The van der Waals surface area contributed by atoms with Crippen LogP contribution >= 0.6 is 0 Å². The van der Waals surface area contributed by atoms with E-state index in [9.17, 15) is 19.3 Å². The highest BCUT2D eigenvalue weighted by Crippen LogP contribution is 2.27. The van der Waals surface area contributed by atoms with Gasteiger partial charge in [0.1, 0.15) is 5.82 Å². The molecule has 0 aliphatic heterocycles. The Morgan fingerprint density at radius 3 is 2.78 bits per heavy atom. The van der Waals surface area contributed by atoms with Crippen LogP contribution in [-0.2, 0) is 6.54 Å². The Balaban J connectivity index is 1.72. The summed E-state index contributed by atoms with van der Waals surface area (Å²) in [4.78, 5) is 26.5. The average molecular weight is 370 g/mol. The van der Waals surface area contributed by atoms with Crippen molar-refractivity contribution in [1.82, 2.24) is 14.9 Å². The Labute approximate surface area is 153 Å². The first-order valence-corrected chi connectivity index (χ1v) is 7.87. The van der Waals surface area contributed by atoms with Crippen molar-refractivity contribution in [3.63, 3.8) is 0 Å². The molecule has 0 saturated carbocycles. The maximum Gasteiger partial charge on any atom is 0.311 e. The van der Waals surface area contributed by atoms with Crippen molar-refractivity contribution in [1.29, 1.82) is 0 Å². The van der Waals surface area contributed by atoms with Gasteiger partial charge in [-0.25, -0.2) is 9.37 Å². The quantitative estimate of drug-likeness (QED) is 0.531. The van der Waals surface area contributed by atoms with Gasteiger partial charge in [0.25, 0.3) is 5.91 Å². The lowest BCUT2D eigenvalue weighted by Crippen LogP contribution is -2.23. The van der Waals surface area contributed by atoms with Gasteiger partial charge in [0.05, 0.1) is 24.0 Å². The number of carbonyl (C=O) groups excluding carboxylic acids is 1. The maximum atomic E-state index is 14.2. The molecule has 138 valence electrons. The number of hydrogen-bond donors (Lipinski definition) is 1. The number of imidazole rings is 1. The highest BCUT2D eigenvalue weighted by Gasteiger charge is 2.18. The molecule has 0 atom stereocenters. The fraction of sp³-hybridized carbons (Fsp3) is 0.111. The summed E-state index contributed by atoms with van der Waals surface area (Å²) in [6.07, 6.45) is 4.65. The number of amides is 1. The van der Waals surface area contributed by atoms with Crippen molar-refractivity contribution >= 4 is 11.6 Å². The SMILES string of the molecule is COc1ccc(C(=O)NCc2ccc(-n3ccnc3)c(F)c2)cc1[N+](=O)[O-]. The van der Waals surface area contributed by atoms with Crippen LogP contribution in [0.4, 0.5) is 10.1 Å². The molecule has 0 aliphatic carbocycles. The van der Waals surface area contributed by atoms with E-state index >= 15 is 0 Å². The molecule has 0 unspecified atom stereocenters. The number of nitrogens with zero attached hydrogens (tertiary/aromatic N) is 3. The minimum absolute atomic E-state index is 0.0636. The first kappa shape index (κ1) is 18.1. The van der Waals surface area contributed by atoms with E-state index in [1.54, 1.807) is 24.5 Å². The van der Waals surface area contributed by atoms with E-state index in [2.05, 4.69) is 10.3 Å². The molecule has 0 saturated heterocycles. The van der Waals surface area contributed by atoms with E-state index < -0.39 is 16.6 Å². The summed E-state index contributed by atoms with van der Waals surface area (Å²) in [5, 5.41) is 13.7. The first-order chi connectivity index (χ1) is 13.0. The molecule has 1 N–H and O–H groups in total. The minimum Gasteiger partial charge on any atom is -0.490 e. The topological polar surface area (TPSA) is 99.3 Å². The van der Waals surface area contributed by atoms with Crippen LogP contribution in [0.25, 0.3) is 5.69 Å². The molecule has 0 spiro atoms. The van der Waals surface area contributed by atoms with E-state index in [-0.39, 0.29) is 23.5 Å². The van der Waals surface area contributed by atoms with Crippen LogP contribution in [0.3, 0.4) is 0 Å². The van der Waals surface area contributed by atoms with Crippen molar-refractivity contribution in [2.75, 3.05) is 7.11 Å². The number of hydrogen-bond acceptors (Lipinski definition) is 5. The third-order valence-electron chi connectivity index (χ3n) is 3.89. The number of nitrogens with one attached hydrogen (secondary N) is 1. The summed E-state index contributed by atoms with van der Waals surface area (Å²) in [7, 11) is 1.31. The second kappa shape index (κ2) is 7.65. The molecule has 9 heteroatoms. The summed E-state index contributed by atoms with van der Waals surface area (Å²) in [5.41, 5.74) is 0.694. The summed E-state index contributed by atoms with van der Waals surface area (Å²) in [5.74, 6) is -0.909. The van der Waals surface area contributed by atoms with Crippen LogP contribution in [-0.4, -0.2) is 27.5 Å². The number of nitro groups is 1. The Morgan fingerprint density at radius 2 is 2.15 bits per heavy atom. The number of ether oxygens (including phenoxy) is 1. The predicted molar refractivity (Wildman–Crippen MR) is 94.3 cm³/mol. The summed E-state index contributed by atoms with van der Waals surface area (Å²) in [6, 6.07) is 8.48. The minimum atomic E-state index is -0.625. The molecule has 3 rings (SSSR count). The van der Waals surface area contributed by atoms with Gasteiger partial charge < -0.3 is 14.6 Å². The number of carbonyl (C=O) groups is 1. The van der Waals surface area contributed by atoms with Gasteiger partial charge in [-0.3, -0.25) is 14.9 Å². The van der Waals surface area contributed by atoms with E-state index in [4.69, 9.17) is 4.74 Å². The third kappa shape index (κ3) is 3.92. The Bertz CT molecular complexity index is 989. The molecule has 0 radical (unpaired) electrons. The van der Waals surface area contributed by atoms with Crippen LogP contribution in [0.5, 0.6) is 5.75 Å². The van der Waals surface area contributed by atoms with Crippen LogP contribution < -0.4 is 10.1 Å². The lowest BCUT2D eigenvalue weighted by Gasteiger charge is -2.09. The lowest BCUT2D eigenvalue weighted by molar-refractivity contribution is -0.385. The van der Waals surface area contributed by atoms with Gasteiger partial charge in [0.15, 0.2) is 5.75 Å². The number of aromatic nitrogens is 2. The van der Waals surface area contributed by atoms with Crippen molar-refractivity contribution in [3.05, 3.63) is 82.2 Å². The number of benzene rings is 2. The summed E-state index contributed by atoms with van der Waals surface area (Å²) < 4.78 is 20.7. The van der Waals surface area contributed by atoms with E-state index in [0.717, 1.165) is 6.07 Å². The molecular weight excluding hydrogens is 355 g/mol. The van der Waals surface area contributed by atoms with Crippen molar-refractivity contribution in [2.45, 2.75) is 6.54 Å². The van der Waals surface area contributed by atoms with Gasteiger partial charge in [0, 0.05) is 30.6 Å². The monoisotopic (exact) mass is 370 g/mol. The second-order valence-electron chi connectivity index (χ2n) is 5.58. The molecule has 0 aliphatic rings. The standard InChI is InChI=1S/C18H15FN4O4/c1-27-17-5-3-13(9-16(17)23(25)26)18(24)21-10-12-2-4-15(14(19)8-12)22-7-6-20-11-22/h2-9,11H,10H2,1H3,(H,21,24). The molecule has 27 heavy (non-hydrogen) atoms. The molecule has 0 bridgehead atoms. The van der Waals surface area contributed by atoms with E-state index in [0.29, 0.717) is 11.3 Å². The van der Waals surface area contributed by atoms with Crippen LogP contribution in [0.1, 0.15) is 15.9 Å². The number of rotatable bonds is 6. The van der Waals surface area contributed by atoms with E-state index in [1.165, 1.54) is 36.2 Å². The molecule has 1 heterocycles. The Morgan fingerprint density at radius 1 is 1.33 bits per heavy atom. The Hall–Kier alpha value is -3.75. The number of halogens is 1. The van der Waals surface area contributed by atoms with Gasteiger partial charge in [-0.05, 0) is 29.8 Å². The average Bonchev–Trinajstić information content (AvgIpc) is 3.20. The first-order valence-electron chi connectivity index (χ1n) is 7.87. The second-order valence-corrected chi connectivity index (χ2v) is 5.58. The lowest BCUT2D eigenvalue weighted by atomic mass is 10.1. The van der Waals surface area contributed by atoms with Crippen LogP contribution in [0.15, 0.2) is 55.1 Å². The molecule has 8 nitrogen and oxygen atoms in total. The molecule has 3 aromatic rings. The molecule has 1 amide bonds. The highest BCUT2D eigenvalue weighted by atomic mass is 19.1. The van der Waals surface area contributed by atoms with Crippen molar-refractivity contribution in [2.24, 2.45) is 0 Å². The van der Waals surface area contributed by atoms with E-state index in [1.807, 2.05) is 0 Å². The maximum absolute atomic E-state index is 14.2. The van der Waals surface area contributed by atoms with Crippen molar-refractivity contribution < 1.29 is 18.8 Å². The van der Waals surface area contributed by atoms with Gasteiger partial charge in [-0.15, -0.1) is 0 Å². The smallest absolute Gasteiger partial charge is 0.311 e. The fourth-order valence-corrected chi connectivity index (χ4v) is 2.53. The fourth-order valence-electron chi connectivity index (χ4n) is 2.53. The number of methoxy groups -OCH3 is 1.